The molecule has 6 heteroatoms. The van der Waals surface area contributed by atoms with E-state index >= 15 is 0 Å². The van der Waals surface area contributed by atoms with Gasteiger partial charge in [0.1, 0.15) is 0 Å². The van der Waals surface area contributed by atoms with Gasteiger partial charge in [-0.25, -0.2) is 0 Å². The zero-order valence-corrected chi connectivity index (χ0v) is 5.95. The predicted molar refractivity (Wildman–Crippen MR) is 37.8 cm³/mol. The summed E-state index contributed by atoms with van der Waals surface area (Å²) in [6.07, 6.45) is 0.921. The number of carboxylic acid groups (broad SMARTS) is 1. The van der Waals surface area contributed by atoms with Crippen molar-refractivity contribution in [2.45, 2.75) is 18.3 Å². The molecule has 5 nitrogen and oxygen atoms in total. The van der Waals surface area contributed by atoms with Crippen molar-refractivity contribution in [1.29, 1.82) is 0 Å². The molecule has 0 saturated carbocycles. The van der Waals surface area contributed by atoms with E-state index < -0.39 is 18.5 Å². The van der Waals surface area contributed by atoms with Crippen LogP contribution in [0.2, 0.25) is 0 Å². The van der Waals surface area contributed by atoms with Crippen LogP contribution in [0.25, 0.3) is 0 Å². The molecule has 11 heavy (non-hydrogen) atoms. The highest BCUT2D eigenvalue weighted by molar-refractivity contribution is 6.51. The van der Waals surface area contributed by atoms with Gasteiger partial charge in [-0.2, -0.15) is 0 Å². The maximum absolute atomic E-state index is 10.6. The molecule has 1 saturated heterocycles. The molecule has 0 bridgehead atoms. The Morgan fingerprint density at radius 3 is 2.36 bits per heavy atom. The summed E-state index contributed by atoms with van der Waals surface area (Å²) in [5, 5.41) is 28.8. The van der Waals surface area contributed by atoms with Crippen molar-refractivity contribution in [3.63, 3.8) is 0 Å². The van der Waals surface area contributed by atoms with E-state index in [0.29, 0.717) is 13.0 Å². The molecule has 0 aromatic heterocycles. The van der Waals surface area contributed by atoms with E-state index in [1.165, 1.54) is 0 Å². The van der Waals surface area contributed by atoms with E-state index in [4.69, 9.17) is 15.2 Å². The largest absolute Gasteiger partial charge is 0.484 e. The van der Waals surface area contributed by atoms with Crippen molar-refractivity contribution < 1.29 is 19.9 Å². The summed E-state index contributed by atoms with van der Waals surface area (Å²) in [6, 6.07) is 0. The van der Waals surface area contributed by atoms with Crippen LogP contribution in [0.4, 0.5) is 0 Å². The van der Waals surface area contributed by atoms with Gasteiger partial charge in [-0.05, 0) is 19.4 Å². The summed E-state index contributed by atoms with van der Waals surface area (Å²) >= 11 is 0. The molecule has 1 rings (SSSR count). The number of carbonyl (C=O) groups is 1. The molecule has 0 aromatic rings. The number of carboxylic acids is 1. The monoisotopic (exact) mass is 159 g/mol. The molecule has 0 amide bonds. The summed E-state index contributed by atoms with van der Waals surface area (Å²) in [4.78, 5) is 10.6. The second-order valence-corrected chi connectivity index (χ2v) is 2.68. The SMILES string of the molecule is O=C(O)[C@@]1(B(O)O)CCCN1. The van der Waals surface area contributed by atoms with E-state index in [1.807, 2.05) is 0 Å². The average Bonchev–Trinajstić information content (AvgIpc) is 2.34. The summed E-state index contributed by atoms with van der Waals surface area (Å²) in [5.41, 5.74) is -1.53. The van der Waals surface area contributed by atoms with Gasteiger partial charge in [0, 0.05) is 0 Å². The number of aliphatic carboxylic acids is 1. The van der Waals surface area contributed by atoms with Crippen molar-refractivity contribution in [2.75, 3.05) is 6.54 Å². The van der Waals surface area contributed by atoms with Crippen LogP contribution >= 0.6 is 0 Å². The van der Waals surface area contributed by atoms with Crippen molar-refractivity contribution in [2.24, 2.45) is 0 Å². The zero-order chi connectivity index (χ0) is 8.48. The Labute approximate surface area is 64.2 Å². The number of hydrogen-bond donors (Lipinski definition) is 4. The third kappa shape index (κ3) is 1.24. The van der Waals surface area contributed by atoms with Crippen LogP contribution in [0.1, 0.15) is 12.8 Å². The minimum absolute atomic E-state index is 0.264. The van der Waals surface area contributed by atoms with Crippen molar-refractivity contribution in [3.05, 3.63) is 0 Å². The van der Waals surface area contributed by atoms with Gasteiger partial charge in [-0.1, -0.05) is 0 Å². The fraction of sp³-hybridized carbons (Fsp3) is 0.800. The normalized spacial score (nSPS) is 30.4. The fourth-order valence-electron chi connectivity index (χ4n) is 1.28. The first-order valence-electron chi connectivity index (χ1n) is 3.44. The molecule has 0 unspecified atom stereocenters. The minimum Gasteiger partial charge on any atom is -0.480 e. The topological polar surface area (TPSA) is 89.8 Å². The molecular weight excluding hydrogens is 149 g/mol. The van der Waals surface area contributed by atoms with Gasteiger partial charge in [0.15, 0.2) is 5.44 Å². The first-order chi connectivity index (χ1) is 5.09. The number of hydrogen-bond acceptors (Lipinski definition) is 4. The lowest BCUT2D eigenvalue weighted by molar-refractivity contribution is -0.141. The molecular formula is C5H10BNO4. The maximum atomic E-state index is 10.6. The molecule has 1 aliphatic heterocycles. The van der Waals surface area contributed by atoms with E-state index in [1.54, 1.807) is 0 Å². The number of rotatable bonds is 2. The van der Waals surface area contributed by atoms with Crippen LogP contribution in [-0.4, -0.2) is 40.2 Å². The van der Waals surface area contributed by atoms with Crippen molar-refractivity contribution >= 4 is 13.1 Å². The first-order valence-corrected chi connectivity index (χ1v) is 3.44. The molecule has 1 heterocycles. The highest BCUT2D eigenvalue weighted by atomic mass is 16.4. The van der Waals surface area contributed by atoms with E-state index in [2.05, 4.69) is 5.32 Å². The van der Waals surface area contributed by atoms with Crippen LogP contribution in [0, 0.1) is 0 Å². The molecule has 1 atom stereocenters. The maximum Gasteiger partial charge on any atom is 0.484 e. The molecule has 0 spiro atoms. The smallest absolute Gasteiger partial charge is 0.480 e. The fourth-order valence-corrected chi connectivity index (χ4v) is 1.28. The second-order valence-electron chi connectivity index (χ2n) is 2.68. The molecule has 0 radical (unpaired) electrons. The van der Waals surface area contributed by atoms with Gasteiger partial charge in [0.25, 0.3) is 0 Å². The predicted octanol–water partition coefficient (Wildman–Crippen LogP) is -1.79. The summed E-state index contributed by atoms with van der Waals surface area (Å²) < 4.78 is 0. The Bertz CT molecular complexity index is 166. The van der Waals surface area contributed by atoms with E-state index in [0.717, 1.165) is 0 Å². The summed E-state index contributed by atoms with van der Waals surface area (Å²) in [7, 11) is -1.83. The molecule has 0 aliphatic carbocycles. The average molecular weight is 159 g/mol. The lowest BCUT2D eigenvalue weighted by Gasteiger charge is -2.22. The minimum atomic E-state index is -1.83. The standard InChI is InChI=1S/C5H10BNO4/c8-4(9)5(6(10)11)2-1-3-7-5/h7,10-11H,1-3H2,(H,8,9)/t5-/m1/s1. The highest BCUT2D eigenvalue weighted by Crippen LogP contribution is 2.20. The first kappa shape index (κ1) is 8.51. The Kier molecular flexibility index (Phi) is 2.17. The van der Waals surface area contributed by atoms with Crippen LogP contribution in [-0.2, 0) is 4.79 Å². The third-order valence-corrected chi connectivity index (χ3v) is 2.01. The molecule has 4 N–H and O–H groups in total. The lowest BCUT2D eigenvalue weighted by atomic mass is 9.64. The summed E-state index contributed by atoms with van der Waals surface area (Å²) in [6.45, 7) is 0.518. The van der Waals surface area contributed by atoms with Gasteiger partial charge < -0.3 is 20.5 Å². The third-order valence-electron chi connectivity index (χ3n) is 2.01. The molecule has 0 aromatic carbocycles. The molecule has 1 fully saturated rings. The quantitative estimate of drug-likeness (QED) is 0.357. The summed E-state index contributed by atoms with van der Waals surface area (Å²) in [5.74, 6) is -1.20. The van der Waals surface area contributed by atoms with Crippen molar-refractivity contribution in [3.8, 4) is 0 Å². The van der Waals surface area contributed by atoms with Gasteiger partial charge >= 0.3 is 13.1 Å². The molecule has 62 valence electrons. The Morgan fingerprint density at radius 1 is 1.55 bits per heavy atom. The van der Waals surface area contributed by atoms with E-state index in [-0.39, 0.29) is 6.42 Å². The lowest BCUT2D eigenvalue weighted by Crippen LogP contribution is -2.59. The second kappa shape index (κ2) is 2.81. The van der Waals surface area contributed by atoms with Crippen LogP contribution < -0.4 is 5.32 Å². The van der Waals surface area contributed by atoms with Gasteiger partial charge in [0.05, 0.1) is 0 Å². The Morgan fingerprint density at radius 2 is 2.18 bits per heavy atom. The zero-order valence-electron chi connectivity index (χ0n) is 5.95. The van der Waals surface area contributed by atoms with Crippen molar-refractivity contribution in [1.82, 2.24) is 5.32 Å². The molecule has 1 aliphatic rings. The van der Waals surface area contributed by atoms with Crippen LogP contribution in [0.3, 0.4) is 0 Å². The Hall–Kier alpha value is -0.585. The number of nitrogens with one attached hydrogen (secondary N) is 1. The Balaban J connectivity index is 2.79. The van der Waals surface area contributed by atoms with Crippen LogP contribution in [0.15, 0.2) is 0 Å². The van der Waals surface area contributed by atoms with Gasteiger partial charge in [-0.3, -0.25) is 4.79 Å². The van der Waals surface area contributed by atoms with Gasteiger partial charge in [0.2, 0.25) is 0 Å². The highest BCUT2D eigenvalue weighted by Gasteiger charge is 2.51. The van der Waals surface area contributed by atoms with Crippen LogP contribution in [0.5, 0.6) is 0 Å². The van der Waals surface area contributed by atoms with E-state index in [9.17, 15) is 4.79 Å². The van der Waals surface area contributed by atoms with Gasteiger partial charge in [-0.15, -0.1) is 0 Å².